The highest BCUT2D eigenvalue weighted by Crippen LogP contribution is 2.21. The highest BCUT2D eigenvalue weighted by molar-refractivity contribution is 14.1. The van der Waals surface area contributed by atoms with Crippen molar-refractivity contribution < 1.29 is 9.59 Å². The largest absolute Gasteiger partial charge is 0.345 e. The number of carbonyl (C=O) groups excluding carboxylic acids is 2. The molecule has 0 atom stereocenters. The third-order valence-corrected chi connectivity index (χ3v) is 3.44. The van der Waals surface area contributed by atoms with Gasteiger partial charge in [0, 0.05) is 28.8 Å². The SMILES string of the molecule is CN(C)C(=O)c1ccc(NC(=O)C(C)(C)C)cc1I. The number of nitrogens with one attached hydrogen (secondary N) is 1. The van der Waals surface area contributed by atoms with Crippen molar-refractivity contribution in [2.75, 3.05) is 19.4 Å². The lowest BCUT2D eigenvalue weighted by molar-refractivity contribution is -0.123. The number of carbonyl (C=O) groups is 2. The molecule has 0 aliphatic rings. The first-order chi connectivity index (χ1) is 8.62. The number of benzene rings is 1. The van der Waals surface area contributed by atoms with Crippen molar-refractivity contribution >= 4 is 40.1 Å². The van der Waals surface area contributed by atoms with Gasteiger partial charge in [0.2, 0.25) is 5.91 Å². The second-order valence-electron chi connectivity index (χ2n) is 5.60. The molecule has 4 nitrogen and oxygen atoms in total. The molecule has 0 aliphatic heterocycles. The molecule has 1 N–H and O–H groups in total. The van der Waals surface area contributed by atoms with Crippen LogP contribution < -0.4 is 5.32 Å². The van der Waals surface area contributed by atoms with Gasteiger partial charge in [0.25, 0.3) is 5.91 Å². The molecule has 0 unspecified atom stereocenters. The zero-order valence-electron chi connectivity index (χ0n) is 11.9. The molecule has 1 rings (SSSR count). The maximum Gasteiger partial charge on any atom is 0.254 e. The van der Waals surface area contributed by atoms with Gasteiger partial charge in [-0.2, -0.15) is 0 Å². The van der Waals surface area contributed by atoms with E-state index in [1.165, 1.54) is 4.90 Å². The lowest BCUT2D eigenvalue weighted by Crippen LogP contribution is -2.28. The van der Waals surface area contributed by atoms with Gasteiger partial charge in [0.1, 0.15) is 0 Å². The molecule has 0 saturated carbocycles. The standard InChI is InChI=1S/C14H19IN2O2/c1-14(2,3)13(19)16-9-6-7-10(11(15)8-9)12(18)17(4)5/h6-8H,1-5H3,(H,16,19). The quantitative estimate of drug-likeness (QED) is 0.810. The summed E-state index contributed by atoms with van der Waals surface area (Å²) in [6, 6.07) is 5.30. The molecular formula is C14H19IN2O2. The summed E-state index contributed by atoms with van der Waals surface area (Å²) in [5.41, 5.74) is 0.905. The van der Waals surface area contributed by atoms with Gasteiger partial charge >= 0.3 is 0 Å². The van der Waals surface area contributed by atoms with Crippen LogP contribution in [0.1, 0.15) is 31.1 Å². The van der Waals surface area contributed by atoms with Crippen molar-refractivity contribution in [2.45, 2.75) is 20.8 Å². The lowest BCUT2D eigenvalue weighted by Gasteiger charge is -2.18. The Labute approximate surface area is 127 Å². The van der Waals surface area contributed by atoms with Gasteiger partial charge in [-0.25, -0.2) is 0 Å². The molecule has 1 aromatic rings. The minimum absolute atomic E-state index is 0.0434. The number of rotatable bonds is 2. The molecule has 5 heteroatoms. The van der Waals surface area contributed by atoms with Crippen molar-refractivity contribution in [3.63, 3.8) is 0 Å². The van der Waals surface area contributed by atoms with E-state index in [-0.39, 0.29) is 11.8 Å². The van der Waals surface area contributed by atoms with Crippen molar-refractivity contribution in [1.82, 2.24) is 4.90 Å². The Morgan fingerprint density at radius 2 is 1.79 bits per heavy atom. The molecule has 0 fully saturated rings. The minimum atomic E-state index is -0.441. The predicted octanol–water partition coefficient (Wildman–Crippen LogP) is 2.98. The van der Waals surface area contributed by atoms with E-state index in [0.29, 0.717) is 11.3 Å². The molecule has 104 valence electrons. The molecule has 0 aliphatic carbocycles. The molecule has 0 heterocycles. The zero-order chi connectivity index (χ0) is 14.8. The predicted molar refractivity (Wildman–Crippen MR) is 85.3 cm³/mol. The van der Waals surface area contributed by atoms with E-state index in [0.717, 1.165) is 3.57 Å². The molecule has 0 saturated heterocycles. The summed E-state index contributed by atoms with van der Waals surface area (Å²) in [4.78, 5) is 25.3. The molecule has 0 radical (unpaired) electrons. The van der Waals surface area contributed by atoms with E-state index in [9.17, 15) is 9.59 Å². The smallest absolute Gasteiger partial charge is 0.254 e. The Morgan fingerprint density at radius 1 is 1.21 bits per heavy atom. The van der Waals surface area contributed by atoms with E-state index in [1.54, 1.807) is 32.3 Å². The number of halogens is 1. The molecule has 2 amide bonds. The summed E-state index contributed by atoms with van der Waals surface area (Å²) < 4.78 is 0.822. The number of hydrogen-bond donors (Lipinski definition) is 1. The van der Waals surface area contributed by atoms with Gasteiger partial charge in [-0.3, -0.25) is 9.59 Å². The van der Waals surface area contributed by atoms with Crippen LogP contribution in [0.2, 0.25) is 0 Å². The van der Waals surface area contributed by atoms with Crippen LogP contribution in [-0.2, 0) is 4.79 Å². The van der Waals surface area contributed by atoms with Crippen molar-refractivity contribution in [3.05, 3.63) is 27.3 Å². The van der Waals surface area contributed by atoms with Crippen LogP contribution in [0.3, 0.4) is 0 Å². The summed E-state index contributed by atoms with van der Waals surface area (Å²) >= 11 is 2.10. The van der Waals surface area contributed by atoms with Crippen molar-refractivity contribution in [1.29, 1.82) is 0 Å². The maximum atomic E-state index is 11.9. The zero-order valence-corrected chi connectivity index (χ0v) is 14.0. The highest BCUT2D eigenvalue weighted by atomic mass is 127. The van der Waals surface area contributed by atoms with Crippen molar-refractivity contribution in [2.24, 2.45) is 5.41 Å². The highest BCUT2D eigenvalue weighted by Gasteiger charge is 2.21. The lowest BCUT2D eigenvalue weighted by atomic mass is 9.95. The Bertz CT molecular complexity index is 505. The third kappa shape index (κ3) is 4.19. The van der Waals surface area contributed by atoms with Crippen LogP contribution in [0.25, 0.3) is 0 Å². The van der Waals surface area contributed by atoms with Crippen molar-refractivity contribution in [3.8, 4) is 0 Å². The van der Waals surface area contributed by atoms with Crippen LogP contribution in [0.15, 0.2) is 18.2 Å². The normalized spacial score (nSPS) is 11.1. The van der Waals surface area contributed by atoms with Gasteiger partial charge in [0.15, 0.2) is 0 Å². The van der Waals surface area contributed by atoms with E-state index in [4.69, 9.17) is 0 Å². The van der Waals surface area contributed by atoms with E-state index >= 15 is 0 Å². The first-order valence-electron chi connectivity index (χ1n) is 5.95. The topological polar surface area (TPSA) is 49.4 Å². The minimum Gasteiger partial charge on any atom is -0.345 e. The summed E-state index contributed by atoms with van der Waals surface area (Å²) in [5, 5.41) is 2.85. The van der Waals surface area contributed by atoms with E-state index in [2.05, 4.69) is 27.9 Å². The Balaban J connectivity index is 2.95. The summed E-state index contributed by atoms with van der Waals surface area (Å²) in [5.74, 6) is -0.0897. The number of amides is 2. The molecule has 0 spiro atoms. The molecule has 0 aromatic heterocycles. The fourth-order valence-electron chi connectivity index (χ4n) is 1.33. The first kappa shape index (κ1) is 15.9. The molecular weight excluding hydrogens is 355 g/mol. The number of hydrogen-bond acceptors (Lipinski definition) is 2. The van der Waals surface area contributed by atoms with E-state index in [1.807, 2.05) is 20.8 Å². The van der Waals surface area contributed by atoms with Crippen LogP contribution in [-0.4, -0.2) is 30.8 Å². The monoisotopic (exact) mass is 374 g/mol. The second kappa shape index (κ2) is 5.90. The molecule has 0 bridgehead atoms. The fraction of sp³-hybridized carbons (Fsp3) is 0.429. The van der Waals surface area contributed by atoms with Gasteiger partial charge in [-0.05, 0) is 40.8 Å². The van der Waals surface area contributed by atoms with Gasteiger partial charge < -0.3 is 10.2 Å². The third-order valence-electron chi connectivity index (χ3n) is 2.54. The average Bonchev–Trinajstić information content (AvgIpc) is 2.26. The average molecular weight is 374 g/mol. The van der Waals surface area contributed by atoms with E-state index < -0.39 is 5.41 Å². The summed E-state index contributed by atoms with van der Waals surface area (Å²) in [6.07, 6.45) is 0. The Kier molecular flexibility index (Phi) is 4.95. The van der Waals surface area contributed by atoms with Gasteiger partial charge in [0.05, 0.1) is 5.56 Å². The first-order valence-corrected chi connectivity index (χ1v) is 7.03. The van der Waals surface area contributed by atoms with Crippen LogP contribution in [0, 0.1) is 8.99 Å². The number of nitrogens with zero attached hydrogens (tertiary/aromatic N) is 1. The molecule has 19 heavy (non-hydrogen) atoms. The van der Waals surface area contributed by atoms with Crippen LogP contribution in [0.5, 0.6) is 0 Å². The van der Waals surface area contributed by atoms with Crippen LogP contribution >= 0.6 is 22.6 Å². The summed E-state index contributed by atoms with van der Waals surface area (Å²) in [7, 11) is 3.43. The number of anilines is 1. The Morgan fingerprint density at radius 3 is 2.21 bits per heavy atom. The maximum absolute atomic E-state index is 11.9. The van der Waals surface area contributed by atoms with Crippen LogP contribution in [0.4, 0.5) is 5.69 Å². The molecule has 1 aromatic carbocycles. The Hall–Kier alpha value is -1.11. The fourth-order valence-corrected chi connectivity index (χ4v) is 2.07. The van der Waals surface area contributed by atoms with Gasteiger partial charge in [-0.1, -0.05) is 20.8 Å². The summed E-state index contributed by atoms with van der Waals surface area (Å²) in [6.45, 7) is 5.58. The second-order valence-corrected chi connectivity index (χ2v) is 6.76. The van der Waals surface area contributed by atoms with Gasteiger partial charge in [-0.15, -0.1) is 0 Å².